The first-order valence-corrected chi connectivity index (χ1v) is 8.94. The van der Waals surface area contributed by atoms with Crippen molar-refractivity contribution in [1.29, 1.82) is 0 Å². The molecule has 136 valence electrons. The quantitative estimate of drug-likeness (QED) is 0.584. The molecule has 0 radical (unpaired) electrons. The fourth-order valence-electron chi connectivity index (χ4n) is 3.86. The molecule has 25 heavy (non-hydrogen) atoms. The van der Waals surface area contributed by atoms with Crippen LogP contribution in [0.3, 0.4) is 0 Å². The lowest BCUT2D eigenvalue weighted by molar-refractivity contribution is -0.110. The SMILES string of the molecule is COC(=O)c1ccc2c(C3CCCCC3)cn(CC(OC)OC)c2c1. The third-order valence-corrected chi connectivity index (χ3v) is 5.25. The van der Waals surface area contributed by atoms with Crippen LogP contribution < -0.4 is 0 Å². The number of fused-ring (bicyclic) bond motifs is 1. The molecule has 2 aromatic rings. The molecule has 0 atom stereocenters. The second kappa shape index (κ2) is 8.02. The Labute approximate surface area is 148 Å². The van der Waals surface area contributed by atoms with Crippen LogP contribution in [0, 0.1) is 0 Å². The van der Waals surface area contributed by atoms with Gasteiger partial charge in [0.15, 0.2) is 6.29 Å². The second-order valence-electron chi connectivity index (χ2n) is 6.70. The Bertz CT molecular complexity index is 727. The molecule has 1 aliphatic rings. The maximum atomic E-state index is 11.9. The zero-order chi connectivity index (χ0) is 17.8. The van der Waals surface area contributed by atoms with Gasteiger partial charge in [-0.15, -0.1) is 0 Å². The lowest BCUT2D eigenvalue weighted by atomic mass is 9.84. The number of aromatic nitrogens is 1. The summed E-state index contributed by atoms with van der Waals surface area (Å²) in [5.41, 5.74) is 2.97. The number of carbonyl (C=O) groups excluding carboxylic acids is 1. The highest BCUT2D eigenvalue weighted by molar-refractivity contribution is 5.95. The lowest BCUT2D eigenvalue weighted by Crippen LogP contribution is -2.20. The highest BCUT2D eigenvalue weighted by Gasteiger charge is 2.22. The van der Waals surface area contributed by atoms with Gasteiger partial charge in [0.2, 0.25) is 0 Å². The highest BCUT2D eigenvalue weighted by atomic mass is 16.7. The van der Waals surface area contributed by atoms with Gasteiger partial charge < -0.3 is 18.8 Å². The predicted molar refractivity (Wildman–Crippen MR) is 96.9 cm³/mol. The van der Waals surface area contributed by atoms with Crippen LogP contribution >= 0.6 is 0 Å². The average Bonchev–Trinajstić information content (AvgIpc) is 3.03. The predicted octanol–water partition coefficient (Wildman–Crippen LogP) is 4.09. The first-order chi connectivity index (χ1) is 12.2. The first kappa shape index (κ1) is 18.0. The fourth-order valence-corrected chi connectivity index (χ4v) is 3.86. The van der Waals surface area contributed by atoms with E-state index in [1.54, 1.807) is 14.2 Å². The van der Waals surface area contributed by atoms with Crippen LogP contribution in [0.1, 0.15) is 53.9 Å². The zero-order valence-electron chi connectivity index (χ0n) is 15.3. The number of hydrogen-bond acceptors (Lipinski definition) is 4. The summed E-state index contributed by atoms with van der Waals surface area (Å²) >= 11 is 0. The van der Waals surface area contributed by atoms with Gasteiger partial charge in [0.1, 0.15) is 0 Å². The minimum Gasteiger partial charge on any atom is -0.465 e. The number of rotatable bonds is 6. The third kappa shape index (κ3) is 3.72. The van der Waals surface area contributed by atoms with Gasteiger partial charge >= 0.3 is 5.97 Å². The summed E-state index contributed by atoms with van der Waals surface area (Å²) in [4.78, 5) is 11.9. The Balaban J connectivity index is 2.05. The molecule has 1 fully saturated rings. The average molecular weight is 345 g/mol. The molecule has 0 N–H and O–H groups in total. The Kier molecular flexibility index (Phi) is 5.76. The number of methoxy groups -OCH3 is 3. The van der Waals surface area contributed by atoms with Gasteiger partial charge in [-0.05, 0) is 36.5 Å². The maximum absolute atomic E-state index is 11.9. The highest BCUT2D eigenvalue weighted by Crippen LogP contribution is 2.37. The Morgan fingerprint density at radius 2 is 1.88 bits per heavy atom. The Morgan fingerprint density at radius 1 is 1.16 bits per heavy atom. The molecule has 0 saturated heterocycles. The van der Waals surface area contributed by atoms with Crippen LogP contribution in [0.2, 0.25) is 0 Å². The van der Waals surface area contributed by atoms with Gasteiger partial charge in [-0.3, -0.25) is 0 Å². The third-order valence-electron chi connectivity index (χ3n) is 5.25. The molecule has 0 aliphatic heterocycles. The van der Waals surface area contributed by atoms with Crippen LogP contribution in [0.4, 0.5) is 0 Å². The van der Waals surface area contributed by atoms with Crippen LogP contribution in [0.15, 0.2) is 24.4 Å². The summed E-state index contributed by atoms with van der Waals surface area (Å²) < 4.78 is 17.8. The second-order valence-corrected chi connectivity index (χ2v) is 6.70. The molecular formula is C20H27NO4. The van der Waals surface area contributed by atoms with E-state index < -0.39 is 0 Å². The number of carbonyl (C=O) groups is 1. The molecule has 0 bridgehead atoms. The molecule has 5 nitrogen and oxygen atoms in total. The zero-order valence-corrected chi connectivity index (χ0v) is 15.3. The van der Waals surface area contributed by atoms with Crippen molar-refractivity contribution in [2.75, 3.05) is 21.3 Å². The number of hydrogen-bond donors (Lipinski definition) is 0. The molecule has 1 aromatic carbocycles. The Hall–Kier alpha value is -1.85. The van der Waals surface area contributed by atoms with Gasteiger partial charge in [0, 0.05) is 31.3 Å². The van der Waals surface area contributed by atoms with E-state index in [1.807, 2.05) is 12.1 Å². The molecule has 1 saturated carbocycles. The van der Waals surface area contributed by atoms with Gasteiger partial charge in [0.05, 0.1) is 19.2 Å². The molecular weight excluding hydrogens is 318 g/mol. The van der Waals surface area contributed by atoms with Crippen molar-refractivity contribution in [3.05, 3.63) is 35.5 Å². The van der Waals surface area contributed by atoms with E-state index in [2.05, 4.69) is 16.8 Å². The largest absolute Gasteiger partial charge is 0.465 e. The molecule has 1 heterocycles. The summed E-state index contributed by atoms with van der Waals surface area (Å²) in [6.07, 6.45) is 8.26. The summed E-state index contributed by atoms with van der Waals surface area (Å²) in [7, 11) is 4.69. The van der Waals surface area contributed by atoms with E-state index in [0.717, 1.165) is 5.52 Å². The Morgan fingerprint density at radius 3 is 2.52 bits per heavy atom. The summed E-state index contributed by atoms with van der Waals surface area (Å²) in [6, 6.07) is 5.82. The standard InChI is InChI=1S/C20H27NO4/c1-23-19(24-2)13-21-12-17(14-7-5-4-6-8-14)16-10-9-15(11-18(16)21)20(22)25-3/h9-12,14,19H,4-8,13H2,1-3H3. The smallest absolute Gasteiger partial charge is 0.337 e. The fraction of sp³-hybridized carbons (Fsp3) is 0.550. The van der Waals surface area contributed by atoms with Gasteiger partial charge in [-0.1, -0.05) is 25.3 Å². The minimum atomic E-state index is -0.323. The minimum absolute atomic E-state index is 0.316. The van der Waals surface area contributed by atoms with E-state index in [0.29, 0.717) is 18.0 Å². The lowest BCUT2D eigenvalue weighted by Gasteiger charge is -2.21. The van der Waals surface area contributed by atoms with E-state index in [9.17, 15) is 4.79 Å². The van der Waals surface area contributed by atoms with E-state index in [4.69, 9.17) is 14.2 Å². The molecule has 0 spiro atoms. The topological polar surface area (TPSA) is 49.7 Å². The monoisotopic (exact) mass is 345 g/mol. The van der Waals surface area contributed by atoms with Crippen LogP contribution in [0.25, 0.3) is 10.9 Å². The molecule has 0 unspecified atom stereocenters. The molecule has 1 aliphatic carbocycles. The summed E-state index contributed by atoms with van der Waals surface area (Å²) in [6.45, 7) is 0.584. The van der Waals surface area contributed by atoms with Crippen molar-refractivity contribution in [3.63, 3.8) is 0 Å². The van der Waals surface area contributed by atoms with Crippen molar-refractivity contribution in [2.24, 2.45) is 0 Å². The van der Waals surface area contributed by atoms with Crippen molar-refractivity contribution in [3.8, 4) is 0 Å². The first-order valence-electron chi connectivity index (χ1n) is 8.94. The van der Waals surface area contributed by atoms with Crippen molar-refractivity contribution < 1.29 is 19.0 Å². The van der Waals surface area contributed by atoms with Crippen LogP contribution in [-0.2, 0) is 20.8 Å². The molecule has 5 heteroatoms. The summed E-state index contributed by atoms with van der Waals surface area (Å²) in [5, 5.41) is 1.21. The van der Waals surface area contributed by atoms with Crippen molar-refractivity contribution in [1.82, 2.24) is 4.57 Å². The van der Waals surface area contributed by atoms with Gasteiger partial charge in [-0.2, -0.15) is 0 Å². The van der Waals surface area contributed by atoms with E-state index in [-0.39, 0.29) is 12.3 Å². The summed E-state index contributed by atoms with van der Waals surface area (Å²) in [5.74, 6) is 0.272. The van der Waals surface area contributed by atoms with E-state index in [1.165, 1.54) is 50.2 Å². The molecule has 3 rings (SSSR count). The van der Waals surface area contributed by atoms with Crippen LogP contribution in [0.5, 0.6) is 0 Å². The van der Waals surface area contributed by atoms with Crippen LogP contribution in [-0.4, -0.2) is 38.2 Å². The molecule has 1 aromatic heterocycles. The van der Waals surface area contributed by atoms with Gasteiger partial charge in [0.25, 0.3) is 0 Å². The van der Waals surface area contributed by atoms with Crippen molar-refractivity contribution in [2.45, 2.75) is 50.9 Å². The number of ether oxygens (including phenoxy) is 3. The maximum Gasteiger partial charge on any atom is 0.337 e. The molecule has 0 amide bonds. The van der Waals surface area contributed by atoms with Gasteiger partial charge in [-0.25, -0.2) is 4.79 Å². The number of esters is 1. The number of nitrogens with zero attached hydrogens (tertiary/aromatic N) is 1. The van der Waals surface area contributed by atoms with E-state index >= 15 is 0 Å². The van der Waals surface area contributed by atoms with Crippen molar-refractivity contribution >= 4 is 16.9 Å². The normalized spacial score (nSPS) is 15.8. The number of benzene rings is 1.